The molecule has 1 amide bonds. The van der Waals surface area contributed by atoms with Gasteiger partial charge in [-0.05, 0) is 58.3 Å². The number of esters is 1. The molecule has 41 heavy (non-hydrogen) atoms. The van der Waals surface area contributed by atoms with Crippen LogP contribution < -0.4 is 16.6 Å². The molecule has 3 aromatic rings. The highest BCUT2D eigenvalue weighted by Gasteiger charge is 2.30. The van der Waals surface area contributed by atoms with Gasteiger partial charge in [0.1, 0.15) is 5.56 Å². The van der Waals surface area contributed by atoms with Crippen LogP contribution in [0.2, 0.25) is 10.0 Å². The number of aromatic nitrogens is 1. The van der Waals surface area contributed by atoms with Gasteiger partial charge in [0, 0.05) is 50.1 Å². The number of carbonyl (C=O) groups is 2. The van der Waals surface area contributed by atoms with Gasteiger partial charge in [0.25, 0.3) is 11.5 Å². The summed E-state index contributed by atoms with van der Waals surface area (Å²) in [4.78, 5) is 45.9. The van der Waals surface area contributed by atoms with Gasteiger partial charge in [0.15, 0.2) is 0 Å². The Kier molecular flexibility index (Phi) is 13.4. The molecule has 0 spiro atoms. The molecular weight excluding hydrogens is 589 g/mol. The van der Waals surface area contributed by atoms with Gasteiger partial charge in [0.2, 0.25) is 0 Å². The van der Waals surface area contributed by atoms with E-state index < -0.39 is 5.97 Å². The van der Waals surface area contributed by atoms with Crippen molar-refractivity contribution in [3.8, 4) is 0 Å². The summed E-state index contributed by atoms with van der Waals surface area (Å²) in [6, 6.07) is 12.5. The third-order valence-corrected chi connectivity index (χ3v) is 7.40. The monoisotopic (exact) mass is 625 g/mol. The summed E-state index contributed by atoms with van der Waals surface area (Å²) in [5, 5.41) is 1.53. The van der Waals surface area contributed by atoms with Crippen molar-refractivity contribution in [3.63, 3.8) is 0 Å². The van der Waals surface area contributed by atoms with E-state index >= 15 is 0 Å². The fraction of sp³-hybridized carbons (Fsp3) is 0.414. The van der Waals surface area contributed by atoms with Gasteiger partial charge in [0.05, 0.1) is 27.9 Å². The number of halogens is 3. The van der Waals surface area contributed by atoms with Crippen LogP contribution in [0.5, 0.6) is 0 Å². The second kappa shape index (κ2) is 16.0. The highest BCUT2D eigenvalue weighted by atomic mass is 35.5. The summed E-state index contributed by atoms with van der Waals surface area (Å²) in [6.07, 6.45) is 2.23. The van der Waals surface area contributed by atoms with Crippen LogP contribution in [0.3, 0.4) is 0 Å². The Morgan fingerprint density at radius 1 is 0.976 bits per heavy atom. The van der Waals surface area contributed by atoms with Crippen LogP contribution in [0.4, 0.5) is 5.69 Å². The van der Waals surface area contributed by atoms with Gasteiger partial charge >= 0.3 is 5.97 Å². The lowest BCUT2D eigenvalue weighted by atomic mass is 10.1. The Morgan fingerprint density at radius 2 is 1.63 bits per heavy atom. The number of nitrogens with zero attached hydrogens (tertiary/aromatic N) is 4. The number of benzene rings is 2. The zero-order chi connectivity index (χ0) is 29.4. The molecule has 0 aliphatic carbocycles. The summed E-state index contributed by atoms with van der Waals surface area (Å²) in [7, 11) is 3.97. The van der Waals surface area contributed by atoms with E-state index in [-0.39, 0.29) is 29.8 Å². The van der Waals surface area contributed by atoms with Crippen molar-refractivity contribution in [1.29, 1.82) is 0 Å². The number of fused-ring (bicyclic) bond motifs is 1. The third-order valence-electron chi connectivity index (χ3n) is 6.66. The van der Waals surface area contributed by atoms with Crippen molar-refractivity contribution in [3.05, 3.63) is 74.0 Å². The molecule has 1 fully saturated rings. The molecule has 1 aromatic heterocycles. The number of alkyl halides is 1. The Balaban J connectivity index is 0.00000192. The van der Waals surface area contributed by atoms with Crippen LogP contribution >= 0.6 is 34.8 Å². The molecule has 1 aliphatic rings. The van der Waals surface area contributed by atoms with Crippen LogP contribution in [-0.4, -0.2) is 86.1 Å². The largest absolute Gasteiger partial charge is 0.462 e. The van der Waals surface area contributed by atoms with Crippen molar-refractivity contribution >= 4 is 63.3 Å². The second-order valence-electron chi connectivity index (χ2n) is 9.48. The number of para-hydroxylation sites is 1. The van der Waals surface area contributed by atoms with Crippen molar-refractivity contribution in [2.45, 2.75) is 19.9 Å². The number of hydrogen-bond donors (Lipinski definition) is 1. The summed E-state index contributed by atoms with van der Waals surface area (Å²) in [6.45, 7) is 4.92. The van der Waals surface area contributed by atoms with Crippen LogP contribution in [0.1, 0.15) is 34.1 Å². The lowest BCUT2D eigenvalue weighted by Crippen LogP contribution is -2.49. The number of pyridine rings is 1. The van der Waals surface area contributed by atoms with Crippen LogP contribution in [0, 0.1) is 0 Å². The number of rotatable bonds is 8. The predicted molar refractivity (Wildman–Crippen MR) is 169 cm³/mol. The fourth-order valence-corrected chi connectivity index (χ4v) is 5.12. The first-order valence-electron chi connectivity index (χ1n) is 13.1. The maximum Gasteiger partial charge on any atom is 0.345 e. The Morgan fingerprint density at radius 3 is 2.24 bits per heavy atom. The minimum atomic E-state index is -0.631. The first-order chi connectivity index (χ1) is 19.2. The van der Waals surface area contributed by atoms with Crippen LogP contribution in [0.15, 0.2) is 47.3 Å². The van der Waals surface area contributed by atoms with Gasteiger partial charge < -0.3 is 30.2 Å². The van der Waals surface area contributed by atoms with Gasteiger partial charge in [-0.15, -0.1) is 11.6 Å². The number of carbonyl (C=O) groups excluding carboxylic acids is 2. The molecule has 1 aliphatic heterocycles. The van der Waals surface area contributed by atoms with E-state index in [0.717, 1.165) is 23.9 Å². The highest BCUT2D eigenvalue weighted by Crippen LogP contribution is 2.31. The average Bonchev–Trinajstić information content (AvgIpc) is 2.96. The molecule has 4 rings (SSSR count). The third kappa shape index (κ3) is 7.93. The summed E-state index contributed by atoms with van der Waals surface area (Å²) in [5.74, 6) is -0.774. The standard InChI is InChI=1S/C28H32Cl2N4O4.CH3Cl.H3N/c1-4-38-28(37)24-25(20-8-5-6-9-23(20)34(27(24)36)13-7-12-31(2)3)32-14-16-33(17-15-32)26(35)19-10-11-21(29)22(30)18-19;1-2;/h5-6,8-11,18H,4,7,12-17H2,1-3H3;1H3;1H3. The average molecular weight is 627 g/mol. The van der Waals surface area contributed by atoms with Crippen LogP contribution in [-0.2, 0) is 11.3 Å². The summed E-state index contributed by atoms with van der Waals surface area (Å²) in [5.41, 5.74) is 1.49. The molecule has 0 radical (unpaired) electrons. The number of anilines is 1. The second-order valence-corrected chi connectivity index (χ2v) is 10.3. The van der Waals surface area contributed by atoms with E-state index in [1.807, 2.05) is 43.3 Å². The molecule has 0 bridgehead atoms. The Labute approximate surface area is 256 Å². The Hall–Kier alpha value is -2.82. The Bertz CT molecular complexity index is 1410. The number of ether oxygens (including phenoxy) is 1. The van der Waals surface area contributed by atoms with Crippen molar-refractivity contribution < 1.29 is 14.3 Å². The van der Waals surface area contributed by atoms with Gasteiger partial charge in [-0.3, -0.25) is 9.59 Å². The lowest BCUT2D eigenvalue weighted by Gasteiger charge is -2.37. The number of hydrogen-bond acceptors (Lipinski definition) is 7. The number of aryl methyl sites for hydroxylation is 1. The molecule has 2 aromatic carbocycles. The molecule has 3 N–H and O–H groups in total. The van der Waals surface area contributed by atoms with E-state index in [0.29, 0.717) is 54.0 Å². The SMILES string of the molecule is CCOC(=O)c1c(N2CCN(C(=O)c3ccc(Cl)c(Cl)c3)CC2)c2ccccc2n(CCCN(C)C)c1=O.CCl.N. The molecule has 12 heteroatoms. The van der Waals surface area contributed by atoms with E-state index in [4.69, 9.17) is 27.9 Å². The highest BCUT2D eigenvalue weighted by molar-refractivity contribution is 6.42. The predicted octanol–water partition coefficient (Wildman–Crippen LogP) is 5.42. The topological polar surface area (TPSA) is 110 Å². The zero-order valence-corrected chi connectivity index (χ0v) is 26.2. The van der Waals surface area contributed by atoms with Gasteiger partial charge in [-0.2, -0.15) is 0 Å². The van der Waals surface area contributed by atoms with Crippen molar-refractivity contribution in [2.24, 2.45) is 0 Å². The van der Waals surface area contributed by atoms with E-state index in [2.05, 4.69) is 16.5 Å². The molecule has 1 saturated heterocycles. The first kappa shape index (κ1) is 34.4. The molecular formula is C29H38Cl3N5O4. The smallest absolute Gasteiger partial charge is 0.345 e. The number of amides is 1. The molecule has 0 atom stereocenters. The zero-order valence-electron chi connectivity index (χ0n) is 24.0. The fourth-order valence-electron chi connectivity index (χ4n) is 4.82. The molecule has 2 heterocycles. The minimum absolute atomic E-state index is 0. The molecule has 0 saturated carbocycles. The minimum Gasteiger partial charge on any atom is -0.462 e. The quantitative estimate of drug-likeness (QED) is 0.263. The molecule has 0 unspecified atom stereocenters. The van der Waals surface area contributed by atoms with E-state index in [1.165, 1.54) is 6.38 Å². The van der Waals surface area contributed by atoms with Crippen molar-refractivity contribution in [2.75, 3.05) is 64.7 Å². The number of piperazine rings is 1. The maximum absolute atomic E-state index is 13.8. The first-order valence-corrected chi connectivity index (χ1v) is 14.6. The molecule has 224 valence electrons. The van der Waals surface area contributed by atoms with Gasteiger partial charge in [-0.25, -0.2) is 4.79 Å². The van der Waals surface area contributed by atoms with E-state index in [1.54, 1.807) is 34.6 Å². The van der Waals surface area contributed by atoms with Gasteiger partial charge in [-0.1, -0.05) is 41.4 Å². The normalized spacial score (nSPS) is 13.0. The van der Waals surface area contributed by atoms with Crippen LogP contribution in [0.25, 0.3) is 10.9 Å². The summed E-state index contributed by atoms with van der Waals surface area (Å²) < 4.78 is 7.03. The van der Waals surface area contributed by atoms with Crippen molar-refractivity contribution in [1.82, 2.24) is 20.5 Å². The maximum atomic E-state index is 13.8. The summed E-state index contributed by atoms with van der Waals surface area (Å²) >= 11 is 16.8. The lowest BCUT2D eigenvalue weighted by molar-refractivity contribution is 0.0523. The molecule has 9 nitrogen and oxygen atoms in total. The van der Waals surface area contributed by atoms with E-state index in [9.17, 15) is 14.4 Å².